The zero-order chi connectivity index (χ0) is 34.1. The van der Waals surface area contributed by atoms with E-state index >= 15 is 0 Å². The largest absolute Gasteiger partial charge is 0.485 e. The molecular formula is C33H31BrCl3N5O6. The number of likely N-dealkylation sites (N-methyl/N-ethyl adjacent to an activating group) is 1. The molecule has 0 spiro atoms. The van der Waals surface area contributed by atoms with Crippen LogP contribution in [0.25, 0.3) is 11.7 Å². The lowest BCUT2D eigenvalue weighted by atomic mass is 10.2. The van der Waals surface area contributed by atoms with Crippen molar-refractivity contribution in [3.63, 3.8) is 0 Å². The normalized spacial score (nSPS) is 11.0. The Hall–Kier alpha value is -4.36. The number of ether oxygens (including phenoxy) is 2. The Labute approximate surface area is 301 Å². The van der Waals surface area contributed by atoms with Crippen molar-refractivity contribution in [2.45, 2.75) is 20.5 Å². The summed E-state index contributed by atoms with van der Waals surface area (Å²) in [4.78, 5) is 54.5. The molecule has 0 unspecified atom stereocenters. The van der Waals surface area contributed by atoms with Gasteiger partial charge >= 0.3 is 5.97 Å². The van der Waals surface area contributed by atoms with E-state index in [0.717, 1.165) is 22.4 Å². The molecule has 48 heavy (non-hydrogen) atoms. The Morgan fingerprint density at radius 1 is 1.02 bits per heavy atom. The summed E-state index contributed by atoms with van der Waals surface area (Å²) in [5.41, 5.74) is 3.49. The number of nitrogens with zero attached hydrogens (tertiary/aromatic N) is 3. The number of hydrogen-bond acceptors (Lipinski definition) is 7. The van der Waals surface area contributed by atoms with Crippen LogP contribution in [0.15, 0.2) is 77.6 Å². The SMILES string of the molecule is CCOC(=O)C=CC(=O)Nc1ccc(C=CC(=O)NCC(=O)N(C)c2ccc(Cl)c(COc3cccn4c(Br)c(C)nc34)c2Cl)cc1.Cl. The Morgan fingerprint density at radius 3 is 2.46 bits per heavy atom. The number of carbonyl (C=O) groups excluding carboxylic acids is 4. The summed E-state index contributed by atoms with van der Waals surface area (Å²) in [6, 6.07) is 13.5. The quantitative estimate of drug-likeness (QED) is 0.123. The first kappa shape index (κ1) is 38.1. The number of fused-ring (bicyclic) bond motifs is 1. The Morgan fingerprint density at radius 2 is 1.75 bits per heavy atom. The number of amides is 3. The molecule has 0 fully saturated rings. The number of pyridine rings is 1. The van der Waals surface area contributed by atoms with Crippen LogP contribution in [0, 0.1) is 6.92 Å². The highest BCUT2D eigenvalue weighted by atomic mass is 79.9. The summed E-state index contributed by atoms with van der Waals surface area (Å²) >= 11 is 16.7. The number of esters is 1. The first-order valence-electron chi connectivity index (χ1n) is 14.2. The average molecular weight is 780 g/mol. The number of halogens is 4. The van der Waals surface area contributed by atoms with E-state index in [2.05, 4.69) is 31.5 Å². The molecule has 4 aromatic rings. The predicted octanol–water partition coefficient (Wildman–Crippen LogP) is 6.56. The van der Waals surface area contributed by atoms with Gasteiger partial charge in [-0.15, -0.1) is 12.4 Å². The van der Waals surface area contributed by atoms with Gasteiger partial charge in [-0.1, -0.05) is 35.3 Å². The van der Waals surface area contributed by atoms with Gasteiger partial charge in [0, 0.05) is 47.7 Å². The van der Waals surface area contributed by atoms with Crippen LogP contribution in [0.1, 0.15) is 23.7 Å². The number of aryl methyl sites for hydroxylation is 1. The van der Waals surface area contributed by atoms with Crippen LogP contribution >= 0.6 is 51.5 Å². The van der Waals surface area contributed by atoms with Crippen LogP contribution in [0.4, 0.5) is 11.4 Å². The smallest absolute Gasteiger partial charge is 0.330 e. The third-order valence-electron chi connectivity index (χ3n) is 6.66. The average Bonchev–Trinajstić information content (AvgIpc) is 3.35. The molecule has 2 heterocycles. The number of aromatic nitrogens is 2. The van der Waals surface area contributed by atoms with Gasteiger partial charge in [0.1, 0.15) is 11.2 Å². The monoisotopic (exact) mass is 777 g/mol. The van der Waals surface area contributed by atoms with E-state index in [1.807, 2.05) is 23.6 Å². The number of carbonyl (C=O) groups is 4. The van der Waals surface area contributed by atoms with Crippen molar-refractivity contribution in [2.75, 3.05) is 30.4 Å². The third kappa shape index (κ3) is 9.83. The van der Waals surface area contributed by atoms with Crippen LogP contribution in [-0.2, 0) is 30.5 Å². The Balaban J connectivity index is 0.00000625. The first-order valence-corrected chi connectivity index (χ1v) is 15.7. The van der Waals surface area contributed by atoms with E-state index in [9.17, 15) is 19.2 Å². The highest BCUT2D eigenvalue weighted by molar-refractivity contribution is 9.10. The zero-order valence-electron chi connectivity index (χ0n) is 26.0. The summed E-state index contributed by atoms with van der Waals surface area (Å²) in [5, 5.41) is 5.78. The molecule has 0 radical (unpaired) electrons. The van der Waals surface area contributed by atoms with Crippen molar-refractivity contribution in [1.82, 2.24) is 14.7 Å². The van der Waals surface area contributed by atoms with Crippen LogP contribution in [0.5, 0.6) is 5.75 Å². The number of benzene rings is 2. The van der Waals surface area contributed by atoms with Crippen molar-refractivity contribution in [1.29, 1.82) is 0 Å². The highest BCUT2D eigenvalue weighted by Crippen LogP contribution is 2.35. The second kappa shape index (κ2) is 17.7. The number of hydrogen-bond donors (Lipinski definition) is 2. The van der Waals surface area contributed by atoms with Gasteiger partial charge in [0.2, 0.25) is 17.7 Å². The lowest BCUT2D eigenvalue weighted by Crippen LogP contribution is -2.37. The summed E-state index contributed by atoms with van der Waals surface area (Å²) < 4.78 is 13.4. The van der Waals surface area contributed by atoms with E-state index < -0.39 is 23.7 Å². The highest BCUT2D eigenvalue weighted by Gasteiger charge is 2.20. The van der Waals surface area contributed by atoms with E-state index in [1.54, 1.807) is 62.5 Å². The Bertz CT molecular complexity index is 1880. The van der Waals surface area contributed by atoms with Crippen molar-refractivity contribution < 1.29 is 28.7 Å². The lowest BCUT2D eigenvalue weighted by molar-refractivity contribution is -0.137. The van der Waals surface area contributed by atoms with E-state index in [-0.39, 0.29) is 37.2 Å². The number of imidazole rings is 1. The fourth-order valence-corrected chi connectivity index (χ4v) is 5.19. The molecule has 4 rings (SSSR count). The summed E-state index contributed by atoms with van der Waals surface area (Å²) in [5.74, 6) is -1.47. The fourth-order valence-electron chi connectivity index (χ4n) is 4.21. The minimum Gasteiger partial charge on any atom is -0.485 e. The number of anilines is 2. The molecule has 0 saturated carbocycles. The van der Waals surface area contributed by atoms with Crippen molar-refractivity contribution in [3.05, 3.63) is 104 Å². The van der Waals surface area contributed by atoms with Gasteiger partial charge in [0.05, 0.1) is 29.6 Å². The second-order valence-electron chi connectivity index (χ2n) is 9.90. The molecule has 0 aliphatic carbocycles. The molecule has 0 bridgehead atoms. The third-order valence-corrected chi connectivity index (χ3v) is 8.40. The van der Waals surface area contributed by atoms with Crippen molar-refractivity contribution in [2.24, 2.45) is 0 Å². The summed E-state index contributed by atoms with van der Waals surface area (Å²) in [6.45, 7) is 3.50. The maximum Gasteiger partial charge on any atom is 0.330 e. The molecule has 15 heteroatoms. The van der Waals surface area contributed by atoms with Crippen LogP contribution in [0.3, 0.4) is 0 Å². The van der Waals surface area contributed by atoms with E-state index in [1.165, 1.54) is 11.0 Å². The number of rotatable bonds is 12. The Kier molecular flexibility index (Phi) is 14.0. The van der Waals surface area contributed by atoms with E-state index in [0.29, 0.717) is 38.9 Å². The van der Waals surface area contributed by atoms with Gasteiger partial charge in [0.15, 0.2) is 11.4 Å². The maximum atomic E-state index is 13.0. The minimum absolute atomic E-state index is 0. The lowest BCUT2D eigenvalue weighted by Gasteiger charge is -2.21. The molecule has 2 aromatic carbocycles. The van der Waals surface area contributed by atoms with Gasteiger partial charge < -0.3 is 25.0 Å². The molecule has 2 aromatic heterocycles. The van der Waals surface area contributed by atoms with Gasteiger partial charge in [0.25, 0.3) is 0 Å². The number of nitrogens with one attached hydrogen (secondary N) is 2. The summed E-state index contributed by atoms with van der Waals surface area (Å²) in [7, 11) is 1.54. The van der Waals surface area contributed by atoms with E-state index in [4.69, 9.17) is 32.7 Å². The molecule has 0 aliphatic rings. The molecule has 0 atom stereocenters. The molecule has 0 saturated heterocycles. The topological polar surface area (TPSA) is 131 Å². The van der Waals surface area contributed by atoms with Gasteiger partial charge in [-0.3, -0.25) is 18.8 Å². The molecule has 11 nitrogen and oxygen atoms in total. The molecule has 252 valence electrons. The maximum absolute atomic E-state index is 13.0. The van der Waals surface area contributed by atoms with Gasteiger partial charge in [-0.05, 0) is 77.8 Å². The van der Waals surface area contributed by atoms with Crippen molar-refractivity contribution in [3.8, 4) is 5.75 Å². The predicted molar refractivity (Wildman–Crippen MR) is 192 cm³/mol. The molecule has 3 amide bonds. The first-order chi connectivity index (χ1) is 22.5. The standard InChI is InChI=1S/C33H30BrCl2N5O6.ClH/c1-4-46-30(45)16-15-28(43)39-22-10-7-21(8-11-22)9-14-27(42)37-18-29(44)40(3)25-13-12-24(35)23(31(25)36)19-47-26-6-5-17-41-32(34)20(2)38-33(26)41;/h5-17H,4,18-19H2,1-3H3,(H,37,42)(H,39,43);1H. The molecular weight excluding hydrogens is 749 g/mol. The van der Waals surface area contributed by atoms with Crippen molar-refractivity contribution >= 4 is 98.3 Å². The van der Waals surface area contributed by atoms with Crippen LogP contribution < -0.4 is 20.3 Å². The molecule has 2 N–H and O–H groups in total. The molecule has 0 aliphatic heterocycles. The minimum atomic E-state index is -0.608. The fraction of sp³-hybridized carbons (Fsp3) is 0.182. The van der Waals surface area contributed by atoms with Gasteiger partial charge in [-0.25, -0.2) is 9.78 Å². The van der Waals surface area contributed by atoms with Crippen LogP contribution in [0.2, 0.25) is 10.0 Å². The summed E-state index contributed by atoms with van der Waals surface area (Å²) in [6.07, 6.45) is 6.82. The zero-order valence-corrected chi connectivity index (χ0v) is 29.9. The van der Waals surface area contributed by atoms with Crippen LogP contribution in [-0.4, -0.2) is 53.3 Å². The van der Waals surface area contributed by atoms with Gasteiger partial charge in [-0.2, -0.15) is 0 Å². The second-order valence-corrected chi connectivity index (χ2v) is 11.4.